The molecule has 1 aromatic rings. The second-order valence-electron chi connectivity index (χ2n) is 4.69. The highest BCUT2D eigenvalue weighted by Crippen LogP contribution is 2.33. The van der Waals surface area contributed by atoms with Crippen LogP contribution in [0.5, 0.6) is 0 Å². The van der Waals surface area contributed by atoms with E-state index in [0.29, 0.717) is 17.0 Å². The number of hydrogen-bond acceptors (Lipinski definition) is 1. The van der Waals surface area contributed by atoms with E-state index in [1.54, 1.807) is 12.1 Å². The molecule has 4 heteroatoms. The zero-order valence-corrected chi connectivity index (χ0v) is 11.8. The molecule has 0 amide bonds. The van der Waals surface area contributed by atoms with Crippen LogP contribution in [0.2, 0.25) is 5.02 Å². The van der Waals surface area contributed by atoms with E-state index in [1.807, 2.05) is 0 Å². The molecular formula is C14H17Cl2FO. The molecule has 0 aliphatic carbocycles. The highest BCUT2D eigenvalue weighted by atomic mass is 35.5. The van der Waals surface area contributed by atoms with Crippen molar-refractivity contribution >= 4 is 23.2 Å². The molecule has 18 heavy (non-hydrogen) atoms. The Hall–Kier alpha value is -0.310. The largest absolute Gasteiger partial charge is 0.378 e. The summed E-state index contributed by atoms with van der Waals surface area (Å²) in [5.74, 6) is 0.00690. The van der Waals surface area contributed by atoms with Crippen molar-refractivity contribution in [2.45, 2.75) is 37.7 Å². The van der Waals surface area contributed by atoms with Gasteiger partial charge in [-0.3, -0.25) is 0 Å². The lowest BCUT2D eigenvalue weighted by molar-refractivity contribution is 0.0864. The third-order valence-corrected chi connectivity index (χ3v) is 4.42. The molecule has 1 aliphatic rings. The third-order valence-electron chi connectivity index (χ3n) is 3.59. The van der Waals surface area contributed by atoms with Crippen LogP contribution in [0.3, 0.4) is 0 Å². The molecule has 1 aromatic carbocycles. The highest BCUT2D eigenvalue weighted by Gasteiger charge is 2.33. The molecule has 1 fully saturated rings. The topological polar surface area (TPSA) is 9.23 Å². The predicted molar refractivity (Wildman–Crippen MR) is 72.9 cm³/mol. The van der Waals surface area contributed by atoms with Gasteiger partial charge in [-0.2, -0.15) is 0 Å². The second-order valence-corrected chi connectivity index (χ2v) is 5.66. The molecule has 3 unspecified atom stereocenters. The van der Waals surface area contributed by atoms with Gasteiger partial charge in [-0.05, 0) is 31.4 Å². The first kappa shape index (κ1) is 14.1. The molecule has 0 N–H and O–H groups in total. The summed E-state index contributed by atoms with van der Waals surface area (Å²) in [6.45, 7) is 2.83. The Morgan fingerprint density at radius 3 is 2.94 bits per heavy atom. The first-order valence-corrected chi connectivity index (χ1v) is 7.13. The quantitative estimate of drug-likeness (QED) is 0.745. The van der Waals surface area contributed by atoms with Crippen LogP contribution >= 0.6 is 23.2 Å². The van der Waals surface area contributed by atoms with Crippen LogP contribution in [-0.4, -0.2) is 18.1 Å². The SMILES string of the molecule is CCC1OCCC1C(Cl)Cc1c(F)cccc1Cl. The molecule has 1 heterocycles. The van der Waals surface area contributed by atoms with E-state index in [1.165, 1.54) is 6.07 Å². The molecule has 2 rings (SSSR count). The van der Waals surface area contributed by atoms with Crippen molar-refractivity contribution in [2.75, 3.05) is 6.61 Å². The van der Waals surface area contributed by atoms with Gasteiger partial charge in [0.15, 0.2) is 0 Å². The van der Waals surface area contributed by atoms with Gasteiger partial charge in [0.25, 0.3) is 0 Å². The average molecular weight is 291 g/mol. The van der Waals surface area contributed by atoms with Gasteiger partial charge in [0.2, 0.25) is 0 Å². The van der Waals surface area contributed by atoms with E-state index in [0.717, 1.165) is 19.4 Å². The minimum atomic E-state index is -0.278. The fraction of sp³-hybridized carbons (Fsp3) is 0.571. The third kappa shape index (κ3) is 2.98. The summed E-state index contributed by atoms with van der Waals surface area (Å²) >= 11 is 12.5. The Balaban J connectivity index is 2.09. The number of halogens is 3. The number of rotatable bonds is 4. The van der Waals surface area contributed by atoms with Crippen molar-refractivity contribution in [3.63, 3.8) is 0 Å². The van der Waals surface area contributed by atoms with Crippen LogP contribution in [-0.2, 0) is 11.2 Å². The Morgan fingerprint density at radius 1 is 1.50 bits per heavy atom. The van der Waals surface area contributed by atoms with Gasteiger partial charge in [-0.1, -0.05) is 24.6 Å². The molecule has 1 aliphatic heterocycles. The van der Waals surface area contributed by atoms with Crippen LogP contribution in [0, 0.1) is 11.7 Å². The maximum atomic E-state index is 13.7. The molecular weight excluding hydrogens is 274 g/mol. The number of ether oxygens (including phenoxy) is 1. The Labute approximate surface area is 117 Å². The monoisotopic (exact) mass is 290 g/mol. The summed E-state index contributed by atoms with van der Waals surface area (Å²) in [5.41, 5.74) is 0.515. The summed E-state index contributed by atoms with van der Waals surface area (Å²) in [7, 11) is 0. The van der Waals surface area contributed by atoms with Gasteiger partial charge >= 0.3 is 0 Å². The standard InChI is InChI=1S/C14H17Cl2FO/c1-2-14-9(6-7-18-14)12(16)8-10-11(15)4-3-5-13(10)17/h3-5,9,12,14H,2,6-8H2,1H3. The van der Waals surface area contributed by atoms with Gasteiger partial charge in [-0.15, -0.1) is 11.6 Å². The smallest absolute Gasteiger partial charge is 0.127 e. The van der Waals surface area contributed by atoms with Crippen molar-refractivity contribution in [2.24, 2.45) is 5.92 Å². The zero-order chi connectivity index (χ0) is 13.1. The van der Waals surface area contributed by atoms with Crippen molar-refractivity contribution < 1.29 is 9.13 Å². The fourth-order valence-corrected chi connectivity index (χ4v) is 3.26. The number of alkyl halides is 1. The lowest BCUT2D eigenvalue weighted by Gasteiger charge is -2.22. The van der Waals surface area contributed by atoms with Crippen LogP contribution in [0.1, 0.15) is 25.3 Å². The molecule has 0 aromatic heterocycles. The van der Waals surface area contributed by atoms with E-state index in [4.69, 9.17) is 27.9 Å². The van der Waals surface area contributed by atoms with E-state index in [-0.39, 0.29) is 23.2 Å². The van der Waals surface area contributed by atoms with E-state index in [2.05, 4.69) is 6.92 Å². The molecule has 100 valence electrons. The van der Waals surface area contributed by atoms with Gasteiger partial charge in [0.05, 0.1) is 6.10 Å². The molecule has 0 spiro atoms. The Bertz CT molecular complexity index is 391. The van der Waals surface area contributed by atoms with Gasteiger partial charge in [-0.25, -0.2) is 4.39 Å². The lowest BCUT2D eigenvalue weighted by Crippen LogP contribution is -2.26. The van der Waals surface area contributed by atoms with Crippen LogP contribution in [0.15, 0.2) is 18.2 Å². The van der Waals surface area contributed by atoms with Crippen LogP contribution in [0.25, 0.3) is 0 Å². The fourth-order valence-electron chi connectivity index (χ4n) is 2.57. The second kappa shape index (κ2) is 6.23. The highest BCUT2D eigenvalue weighted by molar-refractivity contribution is 6.31. The maximum Gasteiger partial charge on any atom is 0.127 e. The molecule has 3 atom stereocenters. The van der Waals surface area contributed by atoms with E-state index >= 15 is 0 Å². The van der Waals surface area contributed by atoms with Gasteiger partial charge in [0, 0.05) is 28.5 Å². The Morgan fingerprint density at radius 2 is 2.28 bits per heavy atom. The van der Waals surface area contributed by atoms with E-state index < -0.39 is 0 Å². The van der Waals surface area contributed by atoms with Crippen molar-refractivity contribution in [1.29, 1.82) is 0 Å². The predicted octanol–water partition coefficient (Wildman–Crippen LogP) is 4.44. The molecule has 0 saturated carbocycles. The zero-order valence-electron chi connectivity index (χ0n) is 10.3. The Kier molecular flexibility index (Phi) is 4.88. The first-order valence-electron chi connectivity index (χ1n) is 6.32. The molecule has 1 saturated heterocycles. The van der Waals surface area contributed by atoms with Crippen molar-refractivity contribution in [1.82, 2.24) is 0 Å². The van der Waals surface area contributed by atoms with Gasteiger partial charge < -0.3 is 4.74 Å². The van der Waals surface area contributed by atoms with Gasteiger partial charge in [0.1, 0.15) is 5.82 Å². The first-order chi connectivity index (χ1) is 8.63. The minimum absolute atomic E-state index is 0.133. The number of benzene rings is 1. The minimum Gasteiger partial charge on any atom is -0.378 e. The summed E-state index contributed by atoms with van der Waals surface area (Å²) in [4.78, 5) is 0. The molecule has 0 bridgehead atoms. The molecule has 0 radical (unpaired) electrons. The maximum absolute atomic E-state index is 13.7. The average Bonchev–Trinajstić information content (AvgIpc) is 2.82. The summed E-state index contributed by atoms with van der Waals surface area (Å²) < 4.78 is 19.3. The van der Waals surface area contributed by atoms with Crippen LogP contribution in [0.4, 0.5) is 4.39 Å². The van der Waals surface area contributed by atoms with Crippen molar-refractivity contribution in [3.8, 4) is 0 Å². The summed E-state index contributed by atoms with van der Waals surface area (Å²) in [5, 5.41) is 0.319. The summed E-state index contributed by atoms with van der Waals surface area (Å²) in [6.07, 6.45) is 2.54. The lowest BCUT2D eigenvalue weighted by atomic mass is 9.91. The van der Waals surface area contributed by atoms with Crippen LogP contribution < -0.4 is 0 Å². The summed E-state index contributed by atoms with van der Waals surface area (Å²) in [6, 6.07) is 4.73. The normalized spacial score (nSPS) is 25.3. The molecule has 1 nitrogen and oxygen atoms in total. The number of hydrogen-bond donors (Lipinski definition) is 0. The van der Waals surface area contributed by atoms with Crippen molar-refractivity contribution in [3.05, 3.63) is 34.6 Å². The van der Waals surface area contributed by atoms with E-state index in [9.17, 15) is 4.39 Å².